The molecule has 0 atom stereocenters. The summed E-state index contributed by atoms with van der Waals surface area (Å²) in [6.07, 6.45) is 3.16. The van der Waals surface area contributed by atoms with Crippen LogP contribution in [0.3, 0.4) is 0 Å². The van der Waals surface area contributed by atoms with Gasteiger partial charge in [0.1, 0.15) is 11.6 Å². The molecule has 12 heavy (non-hydrogen) atoms. The summed E-state index contributed by atoms with van der Waals surface area (Å²) >= 11 is 0. The van der Waals surface area contributed by atoms with Crippen molar-refractivity contribution in [2.45, 2.75) is 46.5 Å². The molecule has 0 unspecified atom stereocenters. The molecule has 70 valence electrons. The first-order valence-electron chi connectivity index (χ1n) is 4.55. The van der Waals surface area contributed by atoms with Gasteiger partial charge >= 0.3 is 0 Å². The Morgan fingerprint density at radius 2 is 1.50 bits per heavy atom. The first-order valence-corrected chi connectivity index (χ1v) is 4.55. The van der Waals surface area contributed by atoms with E-state index >= 15 is 0 Å². The van der Waals surface area contributed by atoms with Gasteiger partial charge in [-0.1, -0.05) is 13.3 Å². The van der Waals surface area contributed by atoms with Crippen molar-refractivity contribution in [2.75, 3.05) is 0 Å². The maximum Gasteiger partial charge on any atom is 0.130 e. The lowest BCUT2D eigenvalue weighted by atomic mass is 9.93. The van der Waals surface area contributed by atoms with Gasteiger partial charge in [0, 0.05) is 12.8 Å². The van der Waals surface area contributed by atoms with E-state index in [4.69, 9.17) is 0 Å². The third-order valence-corrected chi connectivity index (χ3v) is 1.85. The van der Waals surface area contributed by atoms with Crippen LogP contribution in [0.5, 0.6) is 0 Å². The molecule has 0 aromatic rings. The van der Waals surface area contributed by atoms with Crippen LogP contribution >= 0.6 is 0 Å². The number of Topliss-reactive ketones (excluding diaryl/α,β-unsaturated/α-hetero) is 2. The van der Waals surface area contributed by atoms with Crippen LogP contribution in [0.1, 0.15) is 46.5 Å². The molecule has 0 spiro atoms. The smallest absolute Gasteiger partial charge is 0.130 e. The van der Waals surface area contributed by atoms with Crippen LogP contribution in [-0.4, -0.2) is 11.6 Å². The van der Waals surface area contributed by atoms with Gasteiger partial charge in [-0.05, 0) is 26.2 Å². The molecule has 2 nitrogen and oxygen atoms in total. The van der Waals surface area contributed by atoms with Gasteiger partial charge in [0.25, 0.3) is 0 Å². The highest BCUT2D eigenvalue weighted by atomic mass is 16.1. The Balaban J connectivity index is 3.85. The molecule has 0 aliphatic heterocycles. The van der Waals surface area contributed by atoms with Crippen LogP contribution in [0.4, 0.5) is 0 Å². The molecule has 0 amide bonds. The maximum absolute atomic E-state index is 10.8. The van der Waals surface area contributed by atoms with Gasteiger partial charge in [0.2, 0.25) is 0 Å². The standard InChI is InChI=1S/C10H18O2/c1-4-5-10(6-8(2)11)7-9(3)12/h10H,4-7H2,1-3H3. The van der Waals surface area contributed by atoms with E-state index in [0.717, 1.165) is 12.8 Å². The minimum atomic E-state index is 0.190. The van der Waals surface area contributed by atoms with Crippen molar-refractivity contribution in [3.05, 3.63) is 0 Å². The number of hydrogen-bond donors (Lipinski definition) is 0. The fourth-order valence-corrected chi connectivity index (χ4v) is 1.50. The van der Waals surface area contributed by atoms with Gasteiger partial charge < -0.3 is 9.59 Å². The average Bonchev–Trinajstić information content (AvgIpc) is 1.84. The molecule has 0 radical (unpaired) electrons. The highest BCUT2D eigenvalue weighted by molar-refractivity contribution is 5.78. The summed E-state index contributed by atoms with van der Waals surface area (Å²) in [7, 11) is 0. The number of hydrogen-bond acceptors (Lipinski definition) is 2. The lowest BCUT2D eigenvalue weighted by Gasteiger charge is -2.11. The minimum Gasteiger partial charge on any atom is -0.300 e. The second kappa shape index (κ2) is 5.92. The Morgan fingerprint density at radius 3 is 1.75 bits per heavy atom. The molecule has 0 fully saturated rings. The summed E-state index contributed by atoms with van der Waals surface area (Å²) in [5.41, 5.74) is 0. The van der Waals surface area contributed by atoms with Crippen molar-refractivity contribution >= 4 is 11.6 Å². The zero-order valence-corrected chi connectivity index (χ0v) is 8.22. The number of ketones is 2. The lowest BCUT2D eigenvalue weighted by Crippen LogP contribution is -2.09. The Labute approximate surface area is 74.3 Å². The van der Waals surface area contributed by atoms with Gasteiger partial charge in [-0.3, -0.25) is 0 Å². The molecule has 2 heteroatoms. The monoisotopic (exact) mass is 170 g/mol. The fraction of sp³-hybridized carbons (Fsp3) is 0.800. The highest BCUT2D eigenvalue weighted by Crippen LogP contribution is 2.16. The van der Waals surface area contributed by atoms with E-state index in [9.17, 15) is 9.59 Å². The molecular weight excluding hydrogens is 152 g/mol. The zero-order valence-electron chi connectivity index (χ0n) is 8.22. The Hall–Kier alpha value is -0.660. The molecule has 0 heterocycles. The number of carbonyl (C=O) groups is 2. The summed E-state index contributed by atoms with van der Waals surface area (Å²) in [5, 5.41) is 0. The second-order valence-electron chi connectivity index (χ2n) is 3.47. The Bertz CT molecular complexity index is 145. The second-order valence-corrected chi connectivity index (χ2v) is 3.47. The summed E-state index contributed by atoms with van der Waals surface area (Å²) in [4.78, 5) is 21.6. The van der Waals surface area contributed by atoms with Crippen molar-refractivity contribution < 1.29 is 9.59 Å². The quantitative estimate of drug-likeness (QED) is 0.613. The van der Waals surface area contributed by atoms with Gasteiger partial charge in [-0.25, -0.2) is 0 Å². The van der Waals surface area contributed by atoms with E-state index < -0.39 is 0 Å². The van der Waals surface area contributed by atoms with Crippen molar-refractivity contribution in [3.63, 3.8) is 0 Å². The van der Waals surface area contributed by atoms with Gasteiger partial charge in [0.15, 0.2) is 0 Å². The zero-order chi connectivity index (χ0) is 9.56. The normalized spacial score (nSPS) is 10.3. The van der Waals surface area contributed by atoms with E-state index in [-0.39, 0.29) is 17.5 Å². The van der Waals surface area contributed by atoms with E-state index in [2.05, 4.69) is 6.92 Å². The molecule has 0 rings (SSSR count). The summed E-state index contributed by atoms with van der Waals surface area (Å²) in [6.45, 7) is 5.25. The topological polar surface area (TPSA) is 34.1 Å². The molecule has 0 aliphatic carbocycles. The van der Waals surface area contributed by atoms with Gasteiger partial charge in [-0.2, -0.15) is 0 Å². The van der Waals surface area contributed by atoms with Crippen LogP contribution in [0, 0.1) is 5.92 Å². The van der Waals surface area contributed by atoms with Crippen LogP contribution in [-0.2, 0) is 9.59 Å². The molecular formula is C10H18O2. The van der Waals surface area contributed by atoms with E-state index in [1.807, 2.05) is 0 Å². The third kappa shape index (κ3) is 6.08. The van der Waals surface area contributed by atoms with Crippen molar-refractivity contribution in [1.82, 2.24) is 0 Å². The summed E-state index contributed by atoms with van der Waals surface area (Å²) < 4.78 is 0. The molecule has 0 saturated heterocycles. The van der Waals surface area contributed by atoms with Crippen molar-refractivity contribution in [2.24, 2.45) is 5.92 Å². The SMILES string of the molecule is CCCC(CC(C)=O)CC(C)=O. The van der Waals surface area contributed by atoms with Gasteiger partial charge in [0.05, 0.1) is 0 Å². The predicted octanol–water partition coefficient (Wildman–Crippen LogP) is 2.36. The fourth-order valence-electron chi connectivity index (χ4n) is 1.50. The van der Waals surface area contributed by atoms with Crippen LogP contribution in [0.25, 0.3) is 0 Å². The first kappa shape index (κ1) is 11.3. The average molecular weight is 170 g/mol. The molecule has 0 aliphatic rings. The van der Waals surface area contributed by atoms with Crippen LogP contribution < -0.4 is 0 Å². The molecule has 0 saturated carbocycles. The largest absolute Gasteiger partial charge is 0.300 e. The van der Waals surface area contributed by atoms with Crippen LogP contribution in [0.15, 0.2) is 0 Å². The van der Waals surface area contributed by atoms with E-state index in [1.54, 1.807) is 13.8 Å². The molecule has 0 aromatic heterocycles. The highest BCUT2D eigenvalue weighted by Gasteiger charge is 2.12. The first-order chi connectivity index (χ1) is 5.56. The van der Waals surface area contributed by atoms with Crippen molar-refractivity contribution in [1.29, 1.82) is 0 Å². The van der Waals surface area contributed by atoms with Gasteiger partial charge in [-0.15, -0.1) is 0 Å². The number of carbonyl (C=O) groups excluding carboxylic acids is 2. The summed E-state index contributed by atoms with van der Waals surface area (Å²) in [6, 6.07) is 0. The minimum absolute atomic E-state index is 0.190. The lowest BCUT2D eigenvalue weighted by molar-refractivity contribution is -0.119. The van der Waals surface area contributed by atoms with E-state index in [0.29, 0.717) is 12.8 Å². The Kier molecular flexibility index (Phi) is 5.60. The summed E-state index contributed by atoms with van der Waals surface area (Å²) in [5.74, 6) is 0.661. The van der Waals surface area contributed by atoms with E-state index in [1.165, 1.54) is 0 Å². The predicted molar refractivity (Wildman–Crippen MR) is 49.0 cm³/mol. The third-order valence-electron chi connectivity index (χ3n) is 1.85. The Morgan fingerprint density at radius 1 is 1.08 bits per heavy atom. The van der Waals surface area contributed by atoms with Crippen LogP contribution in [0.2, 0.25) is 0 Å². The van der Waals surface area contributed by atoms with Crippen molar-refractivity contribution in [3.8, 4) is 0 Å². The number of rotatable bonds is 6. The maximum atomic E-state index is 10.8. The molecule has 0 aromatic carbocycles. The molecule has 0 bridgehead atoms. The molecule has 0 N–H and O–H groups in total.